The molecule has 2 aromatic rings. The van der Waals surface area contributed by atoms with Crippen molar-refractivity contribution in [3.8, 4) is 5.75 Å². The largest absolute Gasteiger partial charge is 0.494 e. The third kappa shape index (κ3) is 7.89. The lowest BCUT2D eigenvalue weighted by atomic mass is 9.99. The summed E-state index contributed by atoms with van der Waals surface area (Å²) >= 11 is 0. The van der Waals surface area contributed by atoms with Crippen molar-refractivity contribution in [2.75, 3.05) is 31.6 Å². The third-order valence-electron chi connectivity index (χ3n) is 5.62. The van der Waals surface area contributed by atoms with Gasteiger partial charge in [-0.05, 0) is 74.2 Å². The normalized spacial score (nSPS) is 14.6. The molecule has 3 amide bonds. The molecule has 1 fully saturated rings. The molecule has 32 heavy (non-hydrogen) atoms. The highest BCUT2D eigenvalue weighted by Gasteiger charge is 2.15. The maximum absolute atomic E-state index is 12.0. The van der Waals surface area contributed by atoms with Crippen molar-refractivity contribution in [2.45, 2.75) is 39.8 Å². The Morgan fingerprint density at radius 2 is 1.62 bits per heavy atom. The molecule has 0 spiro atoms. The van der Waals surface area contributed by atoms with Crippen molar-refractivity contribution in [3.05, 3.63) is 59.7 Å². The minimum Gasteiger partial charge on any atom is -0.494 e. The van der Waals surface area contributed by atoms with Gasteiger partial charge in [0.15, 0.2) is 0 Å². The van der Waals surface area contributed by atoms with Gasteiger partial charge in [-0.3, -0.25) is 9.69 Å². The van der Waals surface area contributed by atoms with E-state index in [0.717, 1.165) is 36.9 Å². The maximum Gasteiger partial charge on any atom is 0.315 e. The average molecular weight is 439 g/mol. The molecule has 1 aliphatic rings. The van der Waals surface area contributed by atoms with E-state index in [2.05, 4.69) is 39.9 Å². The number of likely N-dealkylation sites (tertiary alicyclic amines) is 1. The molecule has 0 aromatic heterocycles. The van der Waals surface area contributed by atoms with Crippen molar-refractivity contribution in [2.24, 2.45) is 5.92 Å². The Labute approximate surface area is 190 Å². The number of carbonyl (C=O) groups is 2. The smallest absolute Gasteiger partial charge is 0.315 e. The first-order chi connectivity index (χ1) is 15.5. The first kappa shape index (κ1) is 23.6. The van der Waals surface area contributed by atoms with Gasteiger partial charge in [-0.2, -0.15) is 0 Å². The second kappa shape index (κ2) is 12.1. The van der Waals surface area contributed by atoms with Crippen LogP contribution in [0.5, 0.6) is 5.75 Å². The summed E-state index contributed by atoms with van der Waals surface area (Å²) in [6.45, 7) is 8.44. The van der Waals surface area contributed by atoms with Gasteiger partial charge in [0, 0.05) is 18.8 Å². The number of nitrogens with zero attached hydrogens (tertiary/aromatic N) is 1. The van der Waals surface area contributed by atoms with E-state index in [1.165, 1.54) is 18.4 Å². The predicted octanol–water partition coefficient (Wildman–Crippen LogP) is 3.76. The molecule has 0 aliphatic carbocycles. The standard InChI is InChI=1S/C25H34N4O3/c1-3-32-23-10-8-22(9-11-23)28-24(30)17-27-25(31)26-16-20-4-6-21(7-5-20)18-29-14-12-19(2)13-15-29/h4-11,19H,3,12-18H2,1-2H3,(H,28,30)(H2,26,27,31). The van der Waals surface area contributed by atoms with E-state index in [9.17, 15) is 9.59 Å². The van der Waals surface area contributed by atoms with E-state index in [1.54, 1.807) is 24.3 Å². The molecule has 3 N–H and O–H groups in total. The number of urea groups is 1. The van der Waals surface area contributed by atoms with E-state index in [0.29, 0.717) is 18.8 Å². The lowest BCUT2D eigenvalue weighted by Gasteiger charge is -2.30. The number of carbonyl (C=O) groups excluding carboxylic acids is 2. The first-order valence-corrected chi connectivity index (χ1v) is 11.4. The van der Waals surface area contributed by atoms with Crippen LogP contribution in [0, 0.1) is 5.92 Å². The van der Waals surface area contributed by atoms with Crippen molar-refractivity contribution >= 4 is 17.6 Å². The maximum atomic E-state index is 12.0. The number of nitrogens with one attached hydrogen (secondary N) is 3. The van der Waals surface area contributed by atoms with Crippen LogP contribution in [-0.2, 0) is 17.9 Å². The Balaban J connectivity index is 1.34. The van der Waals surface area contributed by atoms with E-state index in [-0.39, 0.29) is 18.5 Å². The number of ether oxygens (including phenoxy) is 1. The van der Waals surface area contributed by atoms with Crippen molar-refractivity contribution in [3.63, 3.8) is 0 Å². The zero-order chi connectivity index (χ0) is 22.8. The lowest BCUT2D eigenvalue weighted by molar-refractivity contribution is -0.115. The van der Waals surface area contributed by atoms with Crippen LogP contribution in [0.25, 0.3) is 0 Å². The second-order valence-electron chi connectivity index (χ2n) is 8.32. The number of hydrogen-bond donors (Lipinski definition) is 3. The molecule has 0 atom stereocenters. The molecule has 3 rings (SSSR count). The summed E-state index contributed by atoms with van der Waals surface area (Å²) in [5.41, 5.74) is 2.97. The van der Waals surface area contributed by atoms with Crippen LogP contribution in [0.4, 0.5) is 10.5 Å². The van der Waals surface area contributed by atoms with Crippen LogP contribution in [0.2, 0.25) is 0 Å². The molecule has 172 valence electrons. The fraction of sp³-hybridized carbons (Fsp3) is 0.440. The Kier molecular flexibility index (Phi) is 8.92. The molecule has 0 unspecified atom stereocenters. The van der Waals surface area contributed by atoms with Crippen LogP contribution in [0.1, 0.15) is 37.8 Å². The minimum absolute atomic E-state index is 0.105. The molecule has 2 aromatic carbocycles. The molecular weight excluding hydrogens is 404 g/mol. The number of anilines is 1. The van der Waals surface area contributed by atoms with Gasteiger partial charge >= 0.3 is 6.03 Å². The molecule has 0 saturated carbocycles. The van der Waals surface area contributed by atoms with Gasteiger partial charge in [0.1, 0.15) is 5.75 Å². The van der Waals surface area contributed by atoms with E-state index in [1.807, 2.05) is 19.1 Å². The SMILES string of the molecule is CCOc1ccc(NC(=O)CNC(=O)NCc2ccc(CN3CCC(C)CC3)cc2)cc1. The van der Waals surface area contributed by atoms with Gasteiger partial charge in [0.05, 0.1) is 13.2 Å². The van der Waals surface area contributed by atoms with Crippen molar-refractivity contribution < 1.29 is 14.3 Å². The molecule has 1 aliphatic heterocycles. The van der Waals surface area contributed by atoms with Crippen LogP contribution in [0.15, 0.2) is 48.5 Å². The summed E-state index contributed by atoms with van der Waals surface area (Å²) in [5, 5.41) is 8.11. The number of rotatable bonds is 9. The number of amides is 3. The molecular formula is C25H34N4O3. The van der Waals surface area contributed by atoms with Crippen molar-refractivity contribution in [1.82, 2.24) is 15.5 Å². The topological polar surface area (TPSA) is 82.7 Å². The Bertz CT molecular complexity index is 860. The highest BCUT2D eigenvalue weighted by molar-refractivity contribution is 5.94. The first-order valence-electron chi connectivity index (χ1n) is 11.4. The lowest BCUT2D eigenvalue weighted by Crippen LogP contribution is -2.39. The monoisotopic (exact) mass is 438 g/mol. The summed E-state index contributed by atoms with van der Waals surface area (Å²) < 4.78 is 5.37. The van der Waals surface area contributed by atoms with Crippen LogP contribution >= 0.6 is 0 Å². The molecule has 7 heteroatoms. The summed E-state index contributed by atoms with van der Waals surface area (Å²) in [6.07, 6.45) is 2.55. The van der Waals surface area contributed by atoms with Crippen molar-refractivity contribution in [1.29, 1.82) is 0 Å². The van der Waals surface area contributed by atoms with E-state index >= 15 is 0 Å². The number of piperidine rings is 1. The Morgan fingerprint density at radius 3 is 2.28 bits per heavy atom. The van der Waals surface area contributed by atoms with Gasteiger partial charge in [-0.25, -0.2) is 4.79 Å². The molecule has 7 nitrogen and oxygen atoms in total. The van der Waals surface area contributed by atoms with Gasteiger partial charge in [0.25, 0.3) is 0 Å². The average Bonchev–Trinajstić information content (AvgIpc) is 2.80. The third-order valence-corrected chi connectivity index (χ3v) is 5.62. The Hall–Kier alpha value is -3.06. The minimum atomic E-state index is -0.377. The van der Waals surface area contributed by atoms with E-state index in [4.69, 9.17) is 4.74 Å². The fourth-order valence-electron chi connectivity index (χ4n) is 3.65. The quantitative estimate of drug-likeness (QED) is 0.557. The zero-order valence-corrected chi connectivity index (χ0v) is 19.0. The molecule has 0 bridgehead atoms. The Morgan fingerprint density at radius 1 is 0.969 bits per heavy atom. The van der Waals surface area contributed by atoms with Gasteiger partial charge in [-0.1, -0.05) is 31.2 Å². The van der Waals surface area contributed by atoms with Gasteiger partial charge in [-0.15, -0.1) is 0 Å². The zero-order valence-electron chi connectivity index (χ0n) is 19.0. The molecule has 1 saturated heterocycles. The number of benzene rings is 2. The highest BCUT2D eigenvalue weighted by Crippen LogP contribution is 2.18. The van der Waals surface area contributed by atoms with Gasteiger partial charge < -0.3 is 20.7 Å². The summed E-state index contributed by atoms with van der Waals surface area (Å²) in [7, 11) is 0. The highest BCUT2D eigenvalue weighted by atomic mass is 16.5. The summed E-state index contributed by atoms with van der Waals surface area (Å²) in [6, 6.07) is 15.1. The molecule has 0 radical (unpaired) electrons. The predicted molar refractivity (Wildman–Crippen MR) is 127 cm³/mol. The fourth-order valence-corrected chi connectivity index (χ4v) is 3.65. The second-order valence-corrected chi connectivity index (χ2v) is 8.32. The number of hydrogen-bond acceptors (Lipinski definition) is 4. The van der Waals surface area contributed by atoms with Crippen LogP contribution in [-0.4, -0.2) is 43.1 Å². The summed E-state index contributed by atoms with van der Waals surface area (Å²) in [5.74, 6) is 1.29. The van der Waals surface area contributed by atoms with E-state index < -0.39 is 0 Å². The van der Waals surface area contributed by atoms with Crippen LogP contribution in [0.3, 0.4) is 0 Å². The van der Waals surface area contributed by atoms with Crippen LogP contribution < -0.4 is 20.7 Å². The summed E-state index contributed by atoms with van der Waals surface area (Å²) in [4.78, 5) is 26.6. The van der Waals surface area contributed by atoms with Gasteiger partial charge in [0.2, 0.25) is 5.91 Å². The molecule has 1 heterocycles.